The third-order valence-electron chi connectivity index (χ3n) is 2.03. The van der Waals surface area contributed by atoms with Crippen molar-refractivity contribution in [2.24, 2.45) is 0 Å². The Labute approximate surface area is 84.8 Å². The van der Waals surface area contributed by atoms with Gasteiger partial charge < -0.3 is 4.74 Å². The molecule has 0 saturated heterocycles. The van der Waals surface area contributed by atoms with E-state index < -0.39 is 0 Å². The van der Waals surface area contributed by atoms with Gasteiger partial charge in [0.05, 0.1) is 13.7 Å². The summed E-state index contributed by atoms with van der Waals surface area (Å²) in [4.78, 5) is 0. The second kappa shape index (κ2) is 5.45. The van der Waals surface area contributed by atoms with Crippen LogP contribution in [-0.4, -0.2) is 13.7 Å². The van der Waals surface area contributed by atoms with Crippen LogP contribution in [0, 0.1) is 0 Å². The van der Waals surface area contributed by atoms with E-state index in [4.69, 9.17) is 4.74 Å². The van der Waals surface area contributed by atoms with E-state index in [2.05, 4.69) is 0 Å². The van der Waals surface area contributed by atoms with E-state index in [1.54, 1.807) is 7.11 Å². The molecule has 14 heavy (non-hydrogen) atoms. The fraction of sp³-hybridized carbons (Fsp3) is 0.333. The van der Waals surface area contributed by atoms with Crippen LogP contribution in [0.15, 0.2) is 29.8 Å². The predicted octanol–water partition coefficient (Wildman–Crippen LogP) is 2.92. The van der Waals surface area contributed by atoms with Crippen molar-refractivity contribution in [1.29, 1.82) is 0 Å². The molecule has 0 saturated carbocycles. The summed E-state index contributed by atoms with van der Waals surface area (Å²) in [5.41, 5.74) is 2.22. The molecule has 1 radical (unpaired) electrons. The van der Waals surface area contributed by atoms with Crippen molar-refractivity contribution in [2.45, 2.75) is 13.3 Å². The highest BCUT2D eigenvalue weighted by atomic mass is 16.5. The van der Waals surface area contributed by atoms with Gasteiger partial charge in [-0.05, 0) is 31.0 Å². The van der Waals surface area contributed by atoms with Crippen molar-refractivity contribution >= 4 is 6.08 Å². The summed E-state index contributed by atoms with van der Waals surface area (Å²) in [5, 5.41) is 10.4. The van der Waals surface area contributed by atoms with E-state index in [-0.39, 0.29) is 6.61 Å². The maximum Gasteiger partial charge on any atom is 0.118 e. The predicted molar refractivity (Wildman–Crippen MR) is 56.8 cm³/mol. The van der Waals surface area contributed by atoms with Crippen LogP contribution in [0.2, 0.25) is 0 Å². The molecule has 1 aromatic carbocycles. The summed E-state index contributed by atoms with van der Waals surface area (Å²) in [7, 11) is 1.65. The summed E-state index contributed by atoms with van der Waals surface area (Å²) in [5.74, 6) is 0.851. The lowest BCUT2D eigenvalue weighted by Gasteiger charge is -2.00. The average molecular weight is 191 g/mol. The number of ether oxygens (including phenoxy) is 1. The maximum atomic E-state index is 10.4. The first-order valence-corrected chi connectivity index (χ1v) is 4.65. The minimum Gasteiger partial charge on any atom is -0.497 e. The number of hydrogen-bond acceptors (Lipinski definition) is 1. The Hall–Kier alpha value is -1.28. The summed E-state index contributed by atoms with van der Waals surface area (Å²) in [6.45, 7) is 1.93. The van der Waals surface area contributed by atoms with Crippen molar-refractivity contribution in [3.8, 4) is 5.75 Å². The molecule has 2 heteroatoms. The second-order valence-electron chi connectivity index (χ2n) is 3.22. The highest BCUT2D eigenvalue weighted by molar-refractivity contribution is 5.53. The lowest BCUT2D eigenvalue weighted by atomic mass is 10.1. The van der Waals surface area contributed by atoms with Crippen LogP contribution in [0.25, 0.3) is 6.08 Å². The fourth-order valence-electron chi connectivity index (χ4n) is 1.22. The molecule has 1 aromatic rings. The van der Waals surface area contributed by atoms with Crippen molar-refractivity contribution in [2.75, 3.05) is 13.7 Å². The van der Waals surface area contributed by atoms with Gasteiger partial charge in [-0.3, -0.25) is 0 Å². The topological polar surface area (TPSA) is 29.1 Å². The minimum absolute atomic E-state index is 0.0432. The second-order valence-corrected chi connectivity index (χ2v) is 3.22. The molecule has 0 aromatic heterocycles. The largest absolute Gasteiger partial charge is 0.497 e. The van der Waals surface area contributed by atoms with Gasteiger partial charge in [-0.25, -0.2) is 5.11 Å². The van der Waals surface area contributed by atoms with E-state index >= 15 is 0 Å². The maximum absolute atomic E-state index is 10.4. The summed E-state index contributed by atoms with van der Waals surface area (Å²) < 4.78 is 5.05. The van der Waals surface area contributed by atoms with Gasteiger partial charge in [0.15, 0.2) is 0 Å². The molecule has 0 N–H and O–H groups in total. The molecule has 0 aliphatic heterocycles. The van der Waals surface area contributed by atoms with Crippen molar-refractivity contribution in [3.63, 3.8) is 0 Å². The SMILES string of the molecule is COc1ccc(C=C(C)CC[O])cc1. The number of benzene rings is 1. The molecule has 0 heterocycles. The van der Waals surface area contributed by atoms with Gasteiger partial charge in [0, 0.05) is 0 Å². The first-order valence-electron chi connectivity index (χ1n) is 4.65. The van der Waals surface area contributed by atoms with Crippen molar-refractivity contribution in [3.05, 3.63) is 35.4 Å². The molecule has 1 rings (SSSR count). The van der Waals surface area contributed by atoms with Gasteiger partial charge in [-0.2, -0.15) is 0 Å². The van der Waals surface area contributed by atoms with E-state index in [1.165, 1.54) is 0 Å². The Morgan fingerprint density at radius 1 is 1.36 bits per heavy atom. The molecular weight excluding hydrogens is 176 g/mol. The van der Waals surface area contributed by atoms with E-state index in [0.29, 0.717) is 6.42 Å². The van der Waals surface area contributed by atoms with Crippen LogP contribution in [0.5, 0.6) is 5.75 Å². The molecule has 0 spiro atoms. The normalized spacial score (nSPS) is 11.5. The van der Waals surface area contributed by atoms with E-state index in [1.807, 2.05) is 37.3 Å². The lowest BCUT2D eigenvalue weighted by molar-refractivity contribution is 0.197. The molecule has 0 amide bonds. The molecule has 0 unspecified atom stereocenters. The standard InChI is InChI=1S/C12H15O2/c1-10(7-8-13)9-11-3-5-12(14-2)6-4-11/h3-6,9H,7-8H2,1-2H3. The van der Waals surface area contributed by atoms with Crippen LogP contribution >= 0.6 is 0 Å². The average Bonchev–Trinajstić information content (AvgIpc) is 2.19. The van der Waals surface area contributed by atoms with Gasteiger partial charge >= 0.3 is 0 Å². The zero-order valence-electron chi connectivity index (χ0n) is 8.62. The van der Waals surface area contributed by atoms with E-state index in [9.17, 15) is 5.11 Å². The van der Waals surface area contributed by atoms with Crippen LogP contribution in [0.1, 0.15) is 18.9 Å². The number of methoxy groups -OCH3 is 1. The van der Waals surface area contributed by atoms with Crippen LogP contribution in [-0.2, 0) is 5.11 Å². The van der Waals surface area contributed by atoms with E-state index in [0.717, 1.165) is 16.9 Å². The molecule has 2 nitrogen and oxygen atoms in total. The minimum atomic E-state index is -0.0432. The zero-order valence-corrected chi connectivity index (χ0v) is 8.62. The van der Waals surface area contributed by atoms with Crippen LogP contribution in [0.4, 0.5) is 0 Å². The summed E-state index contributed by atoms with van der Waals surface area (Å²) >= 11 is 0. The molecule has 0 bridgehead atoms. The van der Waals surface area contributed by atoms with Gasteiger partial charge in [-0.15, -0.1) is 0 Å². The number of hydrogen-bond donors (Lipinski definition) is 0. The molecular formula is C12H15O2. The number of rotatable bonds is 4. The quantitative estimate of drug-likeness (QED) is 0.719. The van der Waals surface area contributed by atoms with Gasteiger partial charge in [0.2, 0.25) is 0 Å². The highest BCUT2D eigenvalue weighted by Crippen LogP contribution is 2.14. The smallest absolute Gasteiger partial charge is 0.118 e. The Morgan fingerprint density at radius 3 is 2.50 bits per heavy atom. The third-order valence-corrected chi connectivity index (χ3v) is 2.03. The van der Waals surface area contributed by atoms with Gasteiger partial charge in [-0.1, -0.05) is 23.8 Å². The Morgan fingerprint density at radius 2 is 2.00 bits per heavy atom. The van der Waals surface area contributed by atoms with Gasteiger partial charge in [0.1, 0.15) is 5.75 Å². The fourth-order valence-corrected chi connectivity index (χ4v) is 1.22. The zero-order chi connectivity index (χ0) is 10.4. The Balaban J connectivity index is 2.72. The first kappa shape index (κ1) is 10.8. The van der Waals surface area contributed by atoms with Crippen LogP contribution in [0.3, 0.4) is 0 Å². The molecule has 75 valence electrons. The molecule has 0 aliphatic carbocycles. The molecule has 0 aliphatic rings. The summed E-state index contributed by atoms with van der Waals surface area (Å²) in [6.07, 6.45) is 2.64. The molecule has 0 atom stereocenters. The Bertz CT molecular complexity index is 299. The van der Waals surface area contributed by atoms with Gasteiger partial charge in [0.25, 0.3) is 0 Å². The Kier molecular flexibility index (Phi) is 4.20. The monoisotopic (exact) mass is 191 g/mol. The van der Waals surface area contributed by atoms with Crippen molar-refractivity contribution in [1.82, 2.24) is 0 Å². The molecule has 0 fully saturated rings. The first-order chi connectivity index (χ1) is 6.76. The summed E-state index contributed by atoms with van der Waals surface area (Å²) in [6, 6.07) is 7.78. The van der Waals surface area contributed by atoms with Crippen molar-refractivity contribution < 1.29 is 9.84 Å². The van der Waals surface area contributed by atoms with Crippen LogP contribution < -0.4 is 4.74 Å². The lowest BCUT2D eigenvalue weighted by Crippen LogP contribution is -1.84. The third kappa shape index (κ3) is 3.23. The highest BCUT2D eigenvalue weighted by Gasteiger charge is 1.93.